The van der Waals surface area contributed by atoms with Crippen molar-refractivity contribution in [2.24, 2.45) is 0 Å². The summed E-state index contributed by atoms with van der Waals surface area (Å²) in [6.07, 6.45) is 0. The van der Waals surface area contributed by atoms with Gasteiger partial charge in [0.25, 0.3) is 0 Å². The fraction of sp³-hybridized carbons (Fsp3) is 0.111. The number of fused-ring (bicyclic) bond motifs is 1. The Morgan fingerprint density at radius 2 is 2.21 bits per heavy atom. The highest BCUT2D eigenvalue weighted by Crippen LogP contribution is 2.37. The molecule has 0 unspecified atom stereocenters. The van der Waals surface area contributed by atoms with Crippen LogP contribution in [-0.2, 0) is 0 Å². The van der Waals surface area contributed by atoms with Crippen molar-refractivity contribution in [2.45, 2.75) is 6.92 Å². The highest BCUT2D eigenvalue weighted by Gasteiger charge is 2.17. The third-order valence-electron chi connectivity index (χ3n) is 2.04. The molecule has 14 heavy (non-hydrogen) atoms. The van der Waals surface area contributed by atoms with Crippen molar-refractivity contribution >= 4 is 42.4 Å². The molecule has 5 heteroatoms. The van der Waals surface area contributed by atoms with Gasteiger partial charge in [-0.1, -0.05) is 33.3 Å². The highest BCUT2D eigenvalue weighted by atomic mass is 79.9. The van der Waals surface area contributed by atoms with Crippen LogP contribution in [0.25, 0.3) is 10.1 Å². The molecule has 0 aliphatic heterocycles. The van der Waals surface area contributed by atoms with Gasteiger partial charge >= 0.3 is 5.00 Å². The number of nitro groups is 1. The summed E-state index contributed by atoms with van der Waals surface area (Å²) in [6.45, 7) is 1.78. The van der Waals surface area contributed by atoms with E-state index in [4.69, 9.17) is 0 Å². The van der Waals surface area contributed by atoms with Gasteiger partial charge in [0.2, 0.25) is 0 Å². The summed E-state index contributed by atoms with van der Waals surface area (Å²) in [7, 11) is 0. The maximum absolute atomic E-state index is 10.7. The molecule has 2 aromatic rings. The molecule has 3 nitrogen and oxygen atoms in total. The summed E-state index contributed by atoms with van der Waals surface area (Å²) in [5, 5.41) is 11.9. The van der Waals surface area contributed by atoms with E-state index in [1.54, 1.807) is 6.92 Å². The first kappa shape index (κ1) is 9.61. The molecule has 0 aliphatic rings. The van der Waals surface area contributed by atoms with E-state index in [0.29, 0.717) is 0 Å². The Labute approximate surface area is 92.6 Å². The molecule has 0 saturated carbocycles. The van der Waals surface area contributed by atoms with Gasteiger partial charge in [0.15, 0.2) is 0 Å². The average Bonchev–Trinajstić information content (AvgIpc) is 2.43. The predicted octanol–water partition coefficient (Wildman–Crippen LogP) is 3.88. The second-order valence-corrected chi connectivity index (χ2v) is 4.88. The van der Waals surface area contributed by atoms with E-state index in [9.17, 15) is 10.1 Å². The van der Waals surface area contributed by atoms with Gasteiger partial charge in [0.05, 0.1) is 4.92 Å². The SMILES string of the molecule is Cc1c([N+](=O)[O-])sc2cc(Br)ccc12. The van der Waals surface area contributed by atoms with Crippen molar-refractivity contribution in [2.75, 3.05) is 0 Å². The summed E-state index contributed by atoms with van der Waals surface area (Å²) in [6, 6.07) is 5.70. The Morgan fingerprint density at radius 3 is 2.86 bits per heavy atom. The molecular formula is C9H6BrNO2S. The Morgan fingerprint density at radius 1 is 1.50 bits per heavy atom. The predicted molar refractivity (Wildman–Crippen MR) is 60.9 cm³/mol. The molecule has 2 rings (SSSR count). The molecule has 0 spiro atoms. The third kappa shape index (κ3) is 1.42. The zero-order chi connectivity index (χ0) is 10.3. The van der Waals surface area contributed by atoms with Crippen molar-refractivity contribution < 1.29 is 4.92 Å². The fourth-order valence-electron chi connectivity index (χ4n) is 1.36. The standard InChI is InChI=1S/C9H6BrNO2S/c1-5-7-3-2-6(10)4-8(7)14-9(5)11(12)13/h2-4H,1H3. The molecule has 72 valence electrons. The number of rotatable bonds is 1. The van der Waals surface area contributed by atoms with Gasteiger partial charge in [-0.3, -0.25) is 10.1 Å². The summed E-state index contributed by atoms with van der Waals surface area (Å²) in [5.41, 5.74) is 0.752. The quantitative estimate of drug-likeness (QED) is 0.584. The highest BCUT2D eigenvalue weighted by molar-refractivity contribution is 9.10. The molecule has 1 heterocycles. The lowest BCUT2D eigenvalue weighted by Crippen LogP contribution is -1.84. The lowest BCUT2D eigenvalue weighted by molar-refractivity contribution is -0.380. The first-order valence-electron chi connectivity index (χ1n) is 3.92. The molecule has 0 aliphatic carbocycles. The van der Waals surface area contributed by atoms with Crippen molar-refractivity contribution in [1.82, 2.24) is 0 Å². The zero-order valence-corrected chi connectivity index (χ0v) is 9.68. The molecular weight excluding hydrogens is 266 g/mol. The van der Waals surface area contributed by atoms with Crippen LogP contribution in [0.1, 0.15) is 5.56 Å². The summed E-state index contributed by atoms with van der Waals surface area (Å²) in [4.78, 5) is 10.4. The Kier molecular flexibility index (Phi) is 2.28. The minimum absolute atomic E-state index is 0.234. The molecule has 0 bridgehead atoms. The van der Waals surface area contributed by atoms with Crippen LogP contribution in [0.3, 0.4) is 0 Å². The van der Waals surface area contributed by atoms with E-state index in [1.807, 2.05) is 18.2 Å². The van der Waals surface area contributed by atoms with Crippen LogP contribution in [-0.4, -0.2) is 4.92 Å². The second kappa shape index (κ2) is 3.33. The first-order valence-corrected chi connectivity index (χ1v) is 5.53. The Hall–Kier alpha value is -0.940. The molecule has 0 radical (unpaired) electrons. The fourth-order valence-corrected chi connectivity index (χ4v) is 2.94. The normalized spacial score (nSPS) is 10.7. The number of benzene rings is 1. The van der Waals surface area contributed by atoms with E-state index in [0.717, 1.165) is 20.1 Å². The average molecular weight is 272 g/mol. The summed E-state index contributed by atoms with van der Waals surface area (Å²) < 4.78 is 1.89. The van der Waals surface area contributed by atoms with Crippen molar-refractivity contribution in [3.8, 4) is 0 Å². The van der Waals surface area contributed by atoms with Gasteiger partial charge in [-0.05, 0) is 19.1 Å². The van der Waals surface area contributed by atoms with E-state index < -0.39 is 0 Å². The monoisotopic (exact) mass is 271 g/mol. The molecule has 1 aromatic carbocycles. The maximum atomic E-state index is 10.7. The van der Waals surface area contributed by atoms with Crippen molar-refractivity contribution in [1.29, 1.82) is 0 Å². The van der Waals surface area contributed by atoms with Crippen LogP contribution in [0.4, 0.5) is 5.00 Å². The first-order chi connectivity index (χ1) is 6.59. The van der Waals surface area contributed by atoms with E-state index in [2.05, 4.69) is 15.9 Å². The topological polar surface area (TPSA) is 43.1 Å². The molecule has 0 fully saturated rings. The second-order valence-electron chi connectivity index (χ2n) is 2.93. The number of thiophene rings is 1. The number of hydrogen-bond acceptors (Lipinski definition) is 3. The van der Waals surface area contributed by atoms with E-state index in [-0.39, 0.29) is 9.92 Å². The van der Waals surface area contributed by atoms with Crippen molar-refractivity contribution in [3.63, 3.8) is 0 Å². The van der Waals surface area contributed by atoms with Gasteiger partial charge in [0, 0.05) is 20.1 Å². The number of hydrogen-bond donors (Lipinski definition) is 0. The lowest BCUT2D eigenvalue weighted by atomic mass is 10.2. The smallest absolute Gasteiger partial charge is 0.258 e. The van der Waals surface area contributed by atoms with Crippen LogP contribution in [0.5, 0.6) is 0 Å². The van der Waals surface area contributed by atoms with E-state index >= 15 is 0 Å². The molecule has 0 saturated heterocycles. The number of halogens is 1. The number of nitrogens with zero attached hydrogens (tertiary/aromatic N) is 1. The third-order valence-corrected chi connectivity index (χ3v) is 3.74. The molecule has 0 N–H and O–H groups in total. The van der Waals surface area contributed by atoms with Gasteiger partial charge in [0.1, 0.15) is 0 Å². The van der Waals surface area contributed by atoms with Gasteiger partial charge in [-0.2, -0.15) is 0 Å². The van der Waals surface area contributed by atoms with Gasteiger partial charge in [-0.25, -0.2) is 0 Å². The van der Waals surface area contributed by atoms with Crippen LogP contribution in [0.15, 0.2) is 22.7 Å². The Balaban J connectivity index is 2.79. The summed E-state index contributed by atoms with van der Waals surface area (Å²) in [5.74, 6) is 0. The van der Waals surface area contributed by atoms with Crippen molar-refractivity contribution in [3.05, 3.63) is 38.3 Å². The summed E-state index contributed by atoms with van der Waals surface area (Å²) >= 11 is 4.56. The lowest BCUT2D eigenvalue weighted by Gasteiger charge is -1.90. The van der Waals surface area contributed by atoms with Crippen LogP contribution >= 0.6 is 27.3 Å². The zero-order valence-electron chi connectivity index (χ0n) is 7.28. The minimum atomic E-state index is -0.325. The van der Waals surface area contributed by atoms with Crippen LogP contribution in [0, 0.1) is 17.0 Å². The minimum Gasteiger partial charge on any atom is -0.258 e. The van der Waals surface area contributed by atoms with Crippen LogP contribution < -0.4 is 0 Å². The van der Waals surface area contributed by atoms with Gasteiger partial charge in [-0.15, -0.1) is 0 Å². The molecule has 1 aromatic heterocycles. The number of aryl methyl sites for hydroxylation is 1. The molecule has 0 amide bonds. The maximum Gasteiger partial charge on any atom is 0.328 e. The Bertz CT molecular complexity index is 521. The largest absolute Gasteiger partial charge is 0.328 e. The van der Waals surface area contributed by atoms with E-state index in [1.165, 1.54) is 11.3 Å². The van der Waals surface area contributed by atoms with Crippen LogP contribution in [0.2, 0.25) is 0 Å². The molecule has 0 atom stereocenters. The van der Waals surface area contributed by atoms with Gasteiger partial charge < -0.3 is 0 Å².